The maximum atomic E-state index is 12.7. The summed E-state index contributed by atoms with van der Waals surface area (Å²) in [7, 11) is 0. The summed E-state index contributed by atoms with van der Waals surface area (Å²) in [6.45, 7) is 3.62. The predicted octanol–water partition coefficient (Wildman–Crippen LogP) is 2.78. The highest BCUT2D eigenvalue weighted by Crippen LogP contribution is 2.22. The van der Waals surface area contributed by atoms with Gasteiger partial charge in [-0.1, -0.05) is 12.1 Å². The average molecular weight is 349 g/mol. The molecule has 4 rings (SSSR count). The Hall–Kier alpha value is -2.89. The quantitative estimate of drug-likeness (QED) is 0.728. The van der Waals surface area contributed by atoms with Crippen LogP contribution >= 0.6 is 0 Å². The number of carbonyl (C=O) groups is 1. The first-order chi connectivity index (χ1) is 12.7. The van der Waals surface area contributed by atoms with E-state index in [1.807, 2.05) is 63.9 Å². The zero-order chi connectivity index (χ0) is 17.9. The SMILES string of the molecule is Cc1cnn([C@H]2CCCN(C(=O)Cc3ccc(-n4cccn4)cc3)C2)c1. The molecular formula is C20H23N5O. The largest absolute Gasteiger partial charge is 0.340 e. The van der Waals surface area contributed by atoms with Crippen molar-refractivity contribution < 1.29 is 4.79 Å². The lowest BCUT2D eigenvalue weighted by Crippen LogP contribution is -2.41. The molecule has 3 aromatic rings. The molecule has 26 heavy (non-hydrogen) atoms. The molecule has 0 saturated carbocycles. The van der Waals surface area contributed by atoms with Gasteiger partial charge in [0.2, 0.25) is 5.91 Å². The van der Waals surface area contributed by atoms with Crippen molar-refractivity contribution in [1.29, 1.82) is 0 Å². The molecule has 3 heterocycles. The molecule has 1 atom stereocenters. The van der Waals surface area contributed by atoms with Crippen LogP contribution in [0.1, 0.15) is 30.0 Å². The van der Waals surface area contributed by atoms with Crippen molar-refractivity contribution in [2.75, 3.05) is 13.1 Å². The molecule has 0 unspecified atom stereocenters. The van der Waals surface area contributed by atoms with E-state index < -0.39 is 0 Å². The van der Waals surface area contributed by atoms with E-state index >= 15 is 0 Å². The number of benzene rings is 1. The van der Waals surface area contributed by atoms with E-state index in [1.165, 1.54) is 0 Å². The van der Waals surface area contributed by atoms with Crippen LogP contribution in [-0.2, 0) is 11.2 Å². The first-order valence-electron chi connectivity index (χ1n) is 9.06. The van der Waals surface area contributed by atoms with Gasteiger partial charge in [0.15, 0.2) is 0 Å². The van der Waals surface area contributed by atoms with Crippen LogP contribution in [0.3, 0.4) is 0 Å². The summed E-state index contributed by atoms with van der Waals surface area (Å²) in [5.41, 5.74) is 3.19. The molecule has 2 aromatic heterocycles. The number of nitrogens with zero attached hydrogens (tertiary/aromatic N) is 5. The second-order valence-corrected chi connectivity index (χ2v) is 6.93. The van der Waals surface area contributed by atoms with Crippen LogP contribution in [0.25, 0.3) is 5.69 Å². The minimum atomic E-state index is 0.186. The lowest BCUT2D eigenvalue weighted by molar-refractivity contribution is -0.132. The summed E-state index contributed by atoms with van der Waals surface area (Å²) >= 11 is 0. The number of amides is 1. The Morgan fingerprint density at radius 2 is 2.08 bits per heavy atom. The maximum Gasteiger partial charge on any atom is 0.227 e. The van der Waals surface area contributed by atoms with Gasteiger partial charge < -0.3 is 4.90 Å². The van der Waals surface area contributed by atoms with E-state index in [1.54, 1.807) is 6.20 Å². The minimum absolute atomic E-state index is 0.186. The average Bonchev–Trinajstić information content (AvgIpc) is 3.34. The third-order valence-corrected chi connectivity index (χ3v) is 4.91. The molecule has 0 N–H and O–H groups in total. The number of hydrogen-bond acceptors (Lipinski definition) is 3. The Bertz CT molecular complexity index is 866. The van der Waals surface area contributed by atoms with Gasteiger partial charge in [-0.3, -0.25) is 9.48 Å². The van der Waals surface area contributed by atoms with Gasteiger partial charge in [0, 0.05) is 31.7 Å². The fourth-order valence-electron chi connectivity index (χ4n) is 3.50. The molecule has 1 fully saturated rings. The Labute approximate surface area is 153 Å². The van der Waals surface area contributed by atoms with E-state index in [2.05, 4.69) is 16.4 Å². The molecule has 1 amide bonds. The molecule has 1 saturated heterocycles. The Kier molecular flexibility index (Phi) is 4.56. The third kappa shape index (κ3) is 3.54. The number of hydrogen-bond donors (Lipinski definition) is 0. The Balaban J connectivity index is 1.39. The van der Waals surface area contributed by atoms with Gasteiger partial charge in [0.05, 0.1) is 24.3 Å². The smallest absolute Gasteiger partial charge is 0.227 e. The summed E-state index contributed by atoms with van der Waals surface area (Å²) < 4.78 is 3.82. The van der Waals surface area contributed by atoms with Gasteiger partial charge in [-0.15, -0.1) is 0 Å². The number of rotatable bonds is 4. The Morgan fingerprint density at radius 3 is 2.77 bits per heavy atom. The molecule has 134 valence electrons. The van der Waals surface area contributed by atoms with Crippen LogP contribution in [0.5, 0.6) is 0 Å². The van der Waals surface area contributed by atoms with Crippen LogP contribution in [0.15, 0.2) is 55.1 Å². The van der Waals surface area contributed by atoms with Gasteiger partial charge in [-0.2, -0.15) is 10.2 Å². The Morgan fingerprint density at radius 1 is 1.23 bits per heavy atom. The van der Waals surface area contributed by atoms with E-state index in [0.717, 1.165) is 42.7 Å². The molecule has 1 aromatic carbocycles. The number of piperidine rings is 1. The van der Waals surface area contributed by atoms with Crippen molar-refractivity contribution in [2.24, 2.45) is 0 Å². The number of aryl methyl sites for hydroxylation is 1. The zero-order valence-corrected chi connectivity index (χ0v) is 15.0. The normalized spacial score (nSPS) is 17.4. The predicted molar refractivity (Wildman–Crippen MR) is 99.1 cm³/mol. The van der Waals surface area contributed by atoms with Crippen LogP contribution < -0.4 is 0 Å². The first-order valence-corrected chi connectivity index (χ1v) is 9.06. The van der Waals surface area contributed by atoms with Crippen molar-refractivity contribution in [3.63, 3.8) is 0 Å². The van der Waals surface area contributed by atoms with Crippen molar-refractivity contribution in [3.05, 3.63) is 66.2 Å². The van der Waals surface area contributed by atoms with Crippen molar-refractivity contribution in [1.82, 2.24) is 24.5 Å². The highest BCUT2D eigenvalue weighted by Gasteiger charge is 2.25. The number of likely N-dealkylation sites (tertiary alicyclic amines) is 1. The molecule has 1 aliphatic heterocycles. The summed E-state index contributed by atoms with van der Waals surface area (Å²) in [4.78, 5) is 14.7. The van der Waals surface area contributed by atoms with Crippen LogP contribution in [0, 0.1) is 6.92 Å². The molecular weight excluding hydrogens is 326 g/mol. The lowest BCUT2D eigenvalue weighted by atomic mass is 10.0. The van der Waals surface area contributed by atoms with Gasteiger partial charge in [-0.05, 0) is 49.1 Å². The van der Waals surface area contributed by atoms with E-state index in [9.17, 15) is 4.79 Å². The molecule has 6 heteroatoms. The fourth-order valence-corrected chi connectivity index (χ4v) is 3.50. The lowest BCUT2D eigenvalue weighted by Gasteiger charge is -2.33. The summed E-state index contributed by atoms with van der Waals surface area (Å²) in [6.07, 6.45) is 10.1. The molecule has 1 aliphatic rings. The molecule has 0 aliphatic carbocycles. The standard InChI is InChI=1S/C20H23N5O/c1-16-13-22-25(14-16)19-4-2-10-23(15-19)20(26)12-17-5-7-18(8-6-17)24-11-3-9-21-24/h3,5-9,11,13-14,19H,2,4,10,12,15H2,1H3/t19-/m0/s1. The van der Waals surface area contributed by atoms with E-state index in [4.69, 9.17) is 0 Å². The van der Waals surface area contributed by atoms with E-state index in [0.29, 0.717) is 6.42 Å². The highest BCUT2D eigenvalue weighted by atomic mass is 16.2. The number of carbonyl (C=O) groups excluding carboxylic acids is 1. The second-order valence-electron chi connectivity index (χ2n) is 6.93. The van der Waals surface area contributed by atoms with Crippen LogP contribution in [0.4, 0.5) is 0 Å². The fraction of sp³-hybridized carbons (Fsp3) is 0.350. The zero-order valence-electron chi connectivity index (χ0n) is 15.0. The van der Waals surface area contributed by atoms with Gasteiger partial charge >= 0.3 is 0 Å². The van der Waals surface area contributed by atoms with Gasteiger partial charge in [0.1, 0.15) is 0 Å². The molecule has 0 bridgehead atoms. The topological polar surface area (TPSA) is 56.0 Å². The highest BCUT2D eigenvalue weighted by molar-refractivity contribution is 5.79. The van der Waals surface area contributed by atoms with Crippen molar-refractivity contribution >= 4 is 5.91 Å². The summed E-state index contributed by atoms with van der Waals surface area (Å²) in [6, 6.07) is 10.2. The van der Waals surface area contributed by atoms with Gasteiger partial charge in [-0.25, -0.2) is 4.68 Å². The van der Waals surface area contributed by atoms with E-state index in [-0.39, 0.29) is 11.9 Å². The first kappa shape index (κ1) is 16.6. The molecule has 6 nitrogen and oxygen atoms in total. The molecule has 0 spiro atoms. The second kappa shape index (κ2) is 7.15. The summed E-state index contributed by atoms with van der Waals surface area (Å²) in [5.74, 6) is 0.186. The summed E-state index contributed by atoms with van der Waals surface area (Å²) in [5, 5.41) is 8.64. The van der Waals surface area contributed by atoms with Crippen molar-refractivity contribution in [3.8, 4) is 5.69 Å². The van der Waals surface area contributed by atoms with Crippen LogP contribution in [-0.4, -0.2) is 43.5 Å². The number of aromatic nitrogens is 4. The third-order valence-electron chi connectivity index (χ3n) is 4.91. The molecule has 0 radical (unpaired) electrons. The van der Waals surface area contributed by atoms with Crippen molar-refractivity contribution in [2.45, 2.75) is 32.2 Å². The maximum absolute atomic E-state index is 12.7. The van der Waals surface area contributed by atoms with Crippen LogP contribution in [0.2, 0.25) is 0 Å². The monoisotopic (exact) mass is 349 g/mol. The minimum Gasteiger partial charge on any atom is -0.340 e. The van der Waals surface area contributed by atoms with Gasteiger partial charge in [0.25, 0.3) is 0 Å².